The Balaban J connectivity index is 1.80. The van der Waals surface area contributed by atoms with Crippen molar-refractivity contribution in [2.75, 3.05) is 19.6 Å². The van der Waals surface area contributed by atoms with Gasteiger partial charge in [-0.1, -0.05) is 98.3 Å². The van der Waals surface area contributed by atoms with E-state index in [0.717, 1.165) is 51.7 Å². The molecule has 0 aromatic carbocycles. The first kappa shape index (κ1) is 31.1. The minimum atomic E-state index is 0.305. The van der Waals surface area contributed by atoms with Crippen LogP contribution in [0.25, 0.3) is 0 Å². The van der Waals surface area contributed by atoms with Crippen molar-refractivity contribution >= 4 is 5.78 Å². The van der Waals surface area contributed by atoms with Crippen molar-refractivity contribution in [3.8, 4) is 0 Å². The highest BCUT2D eigenvalue weighted by atomic mass is 16.1. The number of Topliss-reactive ketones (excluding diaryl/α,β-unsaturated/α-hetero) is 1. The standard InChI is InChI=1S/C32H59N3O/c1-5-9-13-15-18-28(16-11-7-3)30-26-33-35(27-30)31-20-23-34(24-21-31)25-22-32(36)29(17-12-8-4)19-14-10-6-2/h26-29,31H,5-25H2,1-4H3. The Labute approximate surface area is 224 Å². The molecule has 0 aliphatic carbocycles. The number of unbranched alkanes of at least 4 members (excludes halogenated alkanes) is 7. The largest absolute Gasteiger partial charge is 0.303 e. The highest BCUT2D eigenvalue weighted by molar-refractivity contribution is 5.81. The second kappa shape index (κ2) is 19.0. The molecule has 1 aromatic heterocycles. The SMILES string of the molecule is CCCCCCC(CCCC)c1cnn(C2CCN(CCC(=O)C(CCCC)CCCCC)CC2)c1. The molecular weight excluding hydrogens is 442 g/mol. The van der Waals surface area contributed by atoms with E-state index >= 15 is 0 Å². The molecule has 0 bridgehead atoms. The lowest BCUT2D eigenvalue weighted by Crippen LogP contribution is -2.36. The molecule has 2 heterocycles. The third-order valence-corrected chi connectivity index (χ3v) is 8.53. The molecule has 0 spiro atoms. The average Bonchev–Trinajstić information content (AvgIpc) is 3.39. The molecule has 4 heteroatoms. The van der Waals surface area contributed by atoms with Crippen molar-refractivity contribution < 1.29 is 4.79 Å². The Hall–Kier alpha value is -1.16. The van der Waals surface area contributed by atoms with Gasteiger partial charge in [-0.25, -0.2) is 0 Å². The van der Waals surface area contributed by atoms with Crippen LogP contribution in [0.1, 0.15) is 161 Å². The third-order valence-electron chi connectivity index (χ3n) is 8.53. The van der Waals surface area contributed by atoms with Gasteiger partial charge in [-0.3, -0.25) is 9.48 Å². The molecule has 0 N–H and O–H groups in total. The van der Waals surface area contributed by atoms with Gasteiger partial charge in [0.1, 0.15) is 5.78 Å². The number of piperidine rings is 1. The number of carbonyl (C=O) groups is 1. The summed E-state index contributed by atoms with van der Waals surface area (Å²) in [6.07, 6.45) is 26.5. The van der Waals surface area contributed by atoms with Crippen molar-refractivity contribution in [2.45, 2.75) is 155 Å². The van der Waals surface area contributed by atoms with Crippen molar-refractivity contribution in [2.24, 2.45) is 5.92 Å². The summed E-state index contributed by atoms with van der Waals surface area (Å²) in [5, 5.41) is 4.84. The van der Waals surface area contributed by atoms with Gasteiger partial charge in [-0.2, -0.15) is 5.10 Å². The van der Waals surface area contributed by atoms with Crippen LogP contribution in [0.3, 0.4) is 0 Å². The molecule has 1 aliphatic heterocycles. The minimum Gasteiger partial charge on any atom is -0.303 e. The van der Waals surface area contributed by atoms with E-state index in [2.05, 4.69) is 49.7 Å². The lowest BCUT2D eigenvalue weighted by molar-refractivity contribution is -0.123. The Morgan fingerprint density at radius 3 is 2.11 bits per heavy atom. The molecule has 1 fully saturated rings. The first-order valence-electron chi connectivity index (χ1n) is 15.9. The van der Waals surface area contributed by atoms with E-state index in [9.17, 15) is 4.79 Å². The summed E-state index contributed by atoms with van der Waals surface area (Å²) in [6, 6.07) is 0.518. The number of rotatable bonds is 21. The normalized spacial score (nSPS) is 16.9. The summed E-state index contributed by atoms with van der Waals surface area (Å²) in [7, 11) is 0. The van der Waals surface area contributed by atoms with Crippen LogP contribution in [0.15, 0.2) is 12.4 Å². The first-order valence-corrected chi connectivity index (χ1v) is 15.9. The van der Waals surface area contributed by atoms with E-state index < -0.39 is 0 Å². The van der Waals surface area contributed by atoms with Gasteiger partial charge in [0.15, 0.2) is 0 Å². The quantitative estimate of drug-likeness (QED) is 0.158. The van der Waals surface area contributed by atoms with E-state index in [1.807, 2.05) is 0 Å². The first-order chi connectivity index (χ1) is 17.6. The number of nitrogens with zero attached hydrogens (tertiary/aromatic N) is 3. The molecule has 4 nitrogen and oxygen atoms in total. The maximum absolute atomic E-state index is 13.0. The fraction of sp³-hybridized carbons (Fsp3) is 0.875. The Morgan fingerprint density at radius 1 is 0.833 bits per heavy atom. The molecule has 208 valence electrons. The van der Waals surface area contributed by atoms with Crippen LogP contribution in [0.5, 0.6) is 0 Å². The molecule has 0 radical (unpaired) electrons. The van der Waals surface area contributed by atoms with E-state index in [1.165, 1.54) is 89.0 Å². The summed E-state index contributed by atoms with van der Waals surface area (Å²) in [5.41, 5.74) is 1.47. The lowest BCUT2D eigenvalue weighted by atomic mass is 9.90. The number of hydrogen-bond donors (Lipinski definition) is 0. The van der Waals surface area contributed by atoms with Crippen molar-refractivity contribution in [3.05, 3.63) is 18.0 Å². The zero-order valence-electron chi connectivity index (χ0n) is 24.5. The van der Waals surface area contributed by atoms with Gasteiger partial charge in [0.05, 0.1) is 12.2 Å². The fourth-order valence-electron chi connectivity index (χ4n) is 5.95. The van der Waals surface area contributed by atoms with E-state index in [-0.39, 0.29) is 0 Å². The number of aromatic nitrogens is 2. The molecule has 0 amide bonds. The van der Waals surface area contributed by atoms with Gasteiger partial charge in [0.25, 0.3) is 0 Å². The number of ketones is 1. The maximum Gasteiger partial charge on any atom is 0.137 e. The molecule has 2 rings (SSSR count). The second-order valence-corrected chi connectivity index (χ2v) is 11.6. The van der Waals surface area contributed by atoms with Crippen LogP contribution in [-0.4, -0.2) is 40.1 Å². The van der Waals surface area contributed by atoms with Crippen molar-refractivity contribution in [1.29, 1.82) is 0 Å². The Bertz CT molecular complexity index is 677. The van der Waals surface area contributed by atoms with Gasteiger partial charge in [-0.05, 0) is 50.0 Å². The molecule has 1 aliphatic rings. The molecule has 2 unspecified atom stereocenters. The van der Waals surface area contributed by atoms with E-state index in [1.54, 1.807) is 0 Å². The minimum absolute atomic E-state index is 0.305. The molecule has 0 saturated carbocycles. The van der Waals surface area contributed by atoms with Gasteiger partial charge < -0.3 is 4.90 Å². The highest BCUT2D eigenvalue weighted by Crippen LogP contribution is 2.30. The number of likely N-dealkylation sites (tertiary alicyclic amines) is 1. The van der Waals surface area contributed by atoms with Gasteiger partial charge in [-0.15, -0.1) is 0 Å². The van der Waals surface area contributed by atoms with Crippen molar-refractivity contribution in [1.82, 2.24) is 14.7 Å². The predicted octanol–water partition coefficient (Wildman–Crippen LogP) is 9.11. The van der Waals surface area contributed by atoms with Crippen LogP contribution in [0.4, 0.5) is 0 Å². The average molecular weight is 502 g/mol. The summed E-state index contributed by atoms with van der Waals surface area (Å²) >= 11 is 0. The molecule has 1 aromatic rings. The highest BCUT2D eigenvalue weighted by Gasteiger charge is 2.24. The van der Waals surface area contributed by atoms with Crippen LogP contribution in [-0.2, 0) is 4.79 Å². The number of hydrogen-bond acceptors (Lipinski definition) is 3. The molecule has 2 atom stereocenters. The van der Waals surface area contributed by atoms with Crippen molar-refractivity contribution in [3.63, 3.8) is 0 Å². The van der Waals surface area contributed by atoms with E-state index in [0.29, 0.717) is 23.7 Å². The Kier molecular flexibility index (Phi) is 16.4. The summed E-state index contributed by atoms with van der Waals surface area (Å²) in [6.45, 7) is 12.2. The monoisotopic (exact) mass is 501 g/mol. The smallest absolute Gasteiger partial charge is 0.137 e. The van der Waals surface area contributed by atoms with E-state index in [4.69, 9.17) is 5.10 Å². The summed E-state index contributed by atoms with van der Waals surface area (Å²) in [5.74, 6) is 1.51. The van der Waals surface area contributed by atoms with Gasteiger partial charge in [0.2, 0.25) is 0 Å². The molecular formula is C32H59N3O. The Morgan fingerprint density at radius 2 is 1.42 bits per heavy atom. The second-order valence-electron chi connectivity index (χ2n) is 11.6. The van der Waals surface area contributed by atoms with Gasteiger partial charge in [0, 0.05) is 38.2 Å². The zero-order valence-corrected chi connectivity index (χ0v) is 24.5. The number of carbonyl (C=O) groups excluding carboxylic acids is 1. The topological polar surface area (TPSA) is 38.1 Å². The third kappa shape index (κ3) is 11.5. The maximum atomic E-state index is 13.0. The summed E-state index contributed by atoms with van der Waals surface area (Å²) in [4.78, 5) is 15.5. The van der Waals surface area contributed by atoms with Crippen LogP contribution < -0.4 is 0 Å². The molecule has 1 saturated heterocycles. The van der Waals surface area contributed by atoms with Gasteiger partial charge >= 0.3 is 0 Å². The molecule has 36 heavy (non-hydrogen) atoms. The van der Waals surface area contributed by atoms with Crippen LogP contribution >= 0.6 is 0 Å². The fourth-order valence-corrected chi connectivity index (χ4v) is 5.95. The predicted molar refractivity (Wildman–Crippen MR) is 155 cm³/mol. The van der Waals surface area contributed by atoms with Crippen LogP contribution in [0, 0.1) is 5.92 Å². The zero-order chi connectivity index (χ0) is 26.0. The summed E-state index contributed by atoms with van der Waals surface area (Å²) < 4.78 is 2.28. The van der Waals surface area contributed by atoms with Crippen LogP contribution in [0.2, 0.25) is 0 Å². The lowest BCUT2D eigenvalue weighted by Gasteiger charge is -2.32.